The predicted molar refractivity (Wildman–Crippen MR) is 121 cm³/mol. The third kappa shape index (κ3) is 4.25. The maximum atomic E-state index is 13.4. The van der Waals surface area contributed by atoms with E-state index in [2.05, 4.69) is 4.98 Å². The van der Waals surface area contributed by atoms with Crippen molar-refractivity contribution in [3.8, 4) is 0 Å². The van der Waals surface area contributed by atoms with Crippen molar-refractivity contribution in [3.63, 3.8) is 0 Å². The molecule has 1 amide bonds. The second-order valence-corrected chi connectivity index (χ2v) is 8.28. The van der Waals surface area contributed by atoms with Crippen LogP contribution >= 0.6 is 0 Å². The maximum Gasteiger partial charge on any atom is 0.333 e. The van der Waals surface area contributed by atoms with E-state index in [4.69, 9.17) is 4.74 Å². The van der Waals surface area contributed by atoms with Crippen molar-refractivity contribution in [1.29, 1.82) is 0 Å². The molecule has 1 fully saturated rings. The monoisotopic (exact) mass is 439 g/mol. The summed E-state index contributed by atoms with van der Waals surface area (Å²) in [4.78, 5) is 46.0. The smallest absolute Gasteiger partial charge is 0.333 e. The lowest BCUT2D eigenvalue weighted by Crippen LogP contribution is -2.48. The molecule has 0 spiro atoms. The van der Waals surface area contributed by atoms with Crippen LogP contribution in [0.25, 0.3) is 11.2 Å². The highest BCUT2D eigenvalue weighted by Crippen LogP contribution is 2.17. The van der Waals surface area contributed by atoms with Gasteiger partial charge in [-0.15, -0.1) is 0 Å². The molecule has 9 heteroatoms. The molecule has 170 valence electrons. The Balaban J connectivity index is 1.81. The lowest BCUT2D eigenvalue weighted by atomic mass is 10.0. The van der Waals surface area contributed by atoms with Gasteiger partial charge in [-0.25, -0.2) is 14.3 Å². The van der Waals surface area contributed by atoms with Crippen molar-refractivity contribution in [1.82, 2.24) is 23.6 Å². The summed E-state index contributed by atoms with van der Waals surface area (Å²) in [5.41, 5.74) is 0.498. The number of hydrogen-bond acceptors (Lipinski definition) is 5. The zero-order valence-corrected chi connectivity index (χ0v) is 18.6. The minimum Gasteiger partial charge on any atom is -0.383 e. The number of ether oxygens (including phenoxy) is 1. The number of carbonyl (C=O) groups is 1. The molecule has 0 saturated carbocycles. The zero-order chi connectivity index (χ0) is 22.7. The van der Waals surface area contributed by atoms with Crippen molar-refractivity contribution >= 4 is 17.1 Å². The van der Waals surface area contributed by atoms with Gasteiger partial charge in [-0.2, -0.15) is 0 Å². The van der Waals surface area contributed by atoms with Gasteiger partial charge in [-0.3, -0.25) is 14.2 Å². The van der Waals surface area contributed by atoms with Gasteiger partial charge in [0.2, 0.25) is 5.91 Å². The molecular formula is C23H29N5O4. The van der Waals surface area contributed by atoms with E-state index >= 15 is 0 Å². The minimum absolute atomic E-state index is 0.106. The number of imidazole rings is 1. The van der Waals surface area contributed by atoms with Crippen LogP contribution in [0.1, 0.15) is 31.7 Å². The number of amides is 1. The number of methoxy groups -OCH3 is 1. The Kier molecular flexibility index (Phi) is 6.55. The maximum absolute atomic E-state index is 13.4. The summed E-state index contributed by atoms with van der Waals surface area (Å²) < 4.78 is 9.37. The first-order chi connectivity index (χ1) is 15.5. The van der Waals surface area contributed by atoms with Crippen LogP contribution in [0.15, 0.2) is 46.2 Å². The van der Waals surface area contributed by atoms with Crippen LogP contribution in [0.4, 0.5) is 0 Å². The van der Waals surface area contributed by atoms with Gasteiger partial charge in [0, 0.05) is 26.2 Å². The Morgan fingerprint density at radius 2 is 1.94 bits per heavy atom. The first kappa shape index (κ1) is 22.0. The molecule has 1 saturated heterocycles. The third-order valence-corrected chi connectivity index (χ3v) is 6.12. The largest absolute Gasteiger partial charge is 0.383 e. The summed E-state index contributed by atoms with van der Waals surface area (Å²) in [6.07, 6.45) is 4.50. The van der Waals surface area contributed by atoms with Crippen LogP contribution in [0.5, 0.6) is 0 Å². The van der Waals surface area contributed by atoms with Gasteiger partial charge in [-0.1, -0.05) is 30.3 Å². The molecule has 4 rings (SSSR count). The molecule has 9 nitrogen and oxygen atoms in total. The van der Waals surface area contributed by atoms with E-state index in [0.717, 1.165) is 29.4 Å². The lowest BCUT2D eigenvalue weighted by Gasteiger charge is -2.33. The summed E-state index contributed by atoms with van der Waals surface area (Å²) >= 11 is 0. The average molecular weight is 440 g/mol. The molecule has 1 aliphatic heterocycles. The molecule has 0 radical (unpaired) electrons. The van der Waals surface area contributed by atoms with Crippen LogP contribution in [-0.2, 0) is 29.2 Å². The summed E-state index contributed by atoms with van der Waals surface area (Å²) in [5, 5.41) is 0. The second-order valence-electron chi connectivity index (χ2n) is 8.28. The normalized spacial score (nSPS) is 16.6. The fraction of sp³-hybridized carbons (Fsp3) is 0.478. The number of rotatable bonds is 7. The molecule has 1 aliphatic rings. The zero-order valence-electron chi connectivity index (χ0n) is 18.6. The first-order valence-electron chi connectivity index (χ1n) is 11.0. The van der Waals surface area contributed by atoms with Crippen molar-refractivity contribution in [2.45, 2.75) is 51.9 Å². The Morgan fingerprint density at radius 3 is 2.66 bits per heavy atom. The highest BCUT2D eigenvalue weighted by atomic mass is 16.5. The number of fused-ring (bicyclic) bond motifs is 1. The number of nitrogens with zero attached hydrogens (tertiary/aromatic N) is 5. The molecule has 0 bridgehead atoms. The summed E-state index contributed by atoms with van der Waals surface area (Å²) in [5.74, 6) is -0.204. The van der Waals surface area contributed by atoms with Crippen LogP contribution in [0.3, 0.4) is 0 Å². The molecule has 1 aromatic carbocycles. The Bertz CT molecular complexity index is 1210. The number of piperidine rings is 1. The number of likely N-dealkylation sites (tertiary alicyclic amines) is 1. The van der Waals surface area contributed by atoms with E-state index in [1.165, 1.54) is 4.57 Å². The summed E-state index contributed by atoms with van der Waals surface area (Å²) in [6.45, 7) is 3.46. The van der Waals surface area contributed by atoms with Crippen LogP contribution in [0, 0.1) is 0 Å². The van der Waals surface area contributed by atoms with Crippen molar-refractivity contribution in [2.75, 3.05) is 20.3 Å². The first-order valence-corrected chi connectivity index (χ1v) is 11.0. The van der Waals surface area contributed by atoms with Crippen LogP contribution in [0.2, 0.25) is 0 Å². The Hall–Kier alpha value is -3.20. The molecule has 3 heterocycles. The van der Waals surface area contributed by atoms with Crippen LogP contribution in [-0.4, -0.2) is 55.8 Å². The highest BCUT2D eigenvalue weighted by molar-refractivity contribution is 5.77. The lowest BCUT2D eigenvalue weighted by molar-refractivity contribution is -0.135. The van der Waals surface area contributed by atoms with Crippen molar-refractivity contribution in [2.24, 2.45) is 0 Å². The molecule has 1 unspecified atom stereocenters. The molecule has 1 atom stereocenters. The van der Waals surface area contributed by atoms with E-state index in [-0.39, 0.29) is 25.0 Å². The van der Waals surface area contributed by atoms with E-state index in [0.29, 0.717) is 30.9 Å². The van der Waals surface area contributed by atoms with E-state index in [1.807, 2.05) is 37.3 Å². The van der Waals surface area contributed by atoms with E-state index in [9.17, 15) is 14.4 Å². The fourth-order valence-corrected chi connectivity index (χ4v) is 4.34. The average Bonchev–Trinajstić information content (AvgIpc) is 3.23. The van der Waals surface area contributed by atoms with Gasteiger partial charge in [0.05, 0.1) is 19.5 Å². The Morgan fingerprint density at radius 1 is 1.16 bits per heavy atom. The molecule has 3 aromatic rings. The fourth-order valence-electron chi connectivity index (χ4n) is 4.34. The van der Waals surface area contributed by atoms with Gasteiger partial charge >= 0.3 is 5.69 Å². The van der Waals surface area contributed by atoms with E-state index < -0.39 is 11.2 Å². The predicted octanol–water partition coefficient (Wildman–Crippen LogP) is 1.46. The summed E-state index contributed by atoms with van der Waals surface area (Å²) in [7, 11) is 1.58. The number of carbonyl (C=O) groups excluding carboxylic acids is 1. The number of hydrogen-bond donors (Lipinski definition) is 0. The quantitative estimate of drug-likeness (QED) is 0.556. The van der Waals surface area contributed by atoms with Gasteiger partial charge in [0.15, 0.2) is 11.2 Å². The highest BCUT2D eigenvalue weighted by Gasteiger charge is 2.26. The number of benzene rings is 1. The Labute approximate surface area is 185 Å². The second kappa shape index (κ2) is 9.52. The molecular weight excluding hydrogens is 410 g/mol. The van der Waals surface area contributed by atoms with Crippen molar-refractivity contribution in [3.05, 3.63) is 63.1 Å². The topological polar surface area (TPSA) is 91.4 Å². The third-order valence-electron chi connectivity index (χ3n) is 6.12. The molecule has 32 heavy (non-hydrogen) atoms. The molecule has 2 aromatic heterocycles. The minimum atomic E-state index is -0.527. The van der Waals surface area contributed by atoms with Crippen molar-refractivity contribution < 1.29 is 9.53 Å². The molecule has 0 aliphatic carbocycles. The number of aromatic nitrogens is 4. The standard InChI is InChI=1S/C23H29N5O4/c1-17-8-6-7-11-26(17)19(29)15-28-22(30)20-21(24-16-25(20)12-13-32-2)27(23(28)31)14-18-9-4-3-5-10-18/h3-5,9-10,16-17H,6-8,11-15H2,1-2H3. The van der Waals surface area contributed by atoms with Crippen LogP contribution < -0.4 is 11.2 Å². The SMILES string of the molecule is COCCn1cnc2c1c(=O)n(CC(=O)N1CCCCC1C)c(=O)n2Cc1ccccc1. The van der Waals surface area contributed by atoms with Gasteiger partial charge in [0.25, 0.3) is 5.56 Å². The molecule has 0 N–H and O–H groups in total. The van der Waals surface area contributed by atoms with Gasteiger partial charge in [-0.05, 0) is 31.7 Å². The van der Waals surface area contributed by atoms with Gasteiger partial charge in [0.1, 0.15) is 6.54 Å². The summed E-state index contributed by atoms with van der Waals surface area (Å²) in [6, 6.07) is 9.63. The van der Waals surface area contributed by atoms with Gasteiger partial charge < -0.3 is 14.2 Å². The van der Waals surface area contributed by atoms with E-state index in [1.54, 1.807) is 22.9 Å².